The summed E-state index contributed by atoms with van der Waals surface area (Å²) in [6.45, 7) is 0. The lowest BCUT2D eigenvalue weighted by Crippen LogP contribution is -2.28. The summed E-state index contributed by atoms with van der Waals surface area (Å²) >= 11 is 0. The van der Waals surface area contributed by atoms with Gasteiger partial charge in [0.25, 0.3) is 0 Å². The molecule has 9 rings (SSSR count). The van der Waals surface area contributed by atoms with Gasteiger partial charge in [-0.3, -0.25) is 0 Å². The average molecular weight is 550 g/mol. The Morgan fingerprint density at radius 2 is 1.16 bits per heavy atom. The molecule has 0 amide bonds. The van der Waals surface area contributed by atoms with Gasteiger partial charge in [-0.25, -0.2) is 0 Å². The molecule has 2 heteroatoms. The highest BCUT2D eigenvalue weighted by molar-refractivity contribution is 6.06. The van der Waals surface area contributed by atoms with Gasteiger partial charge in [-0.2, -0.15) is 0 Å². The van der Waals surface area contributed by atoms with Crippen LogP contribution >= 0.6 is 0 Å². The van der Waals surface area contributed by atoms with E-state index in [2.05, 4.69) is 151 Å². The molecular formula is C41H27NO. The third-order valence-corrected chi connectivity index (χ3v) is 9.10. The zero-order valence-corrected chi connectivity index (χ0v) is 23.4. The molecule has 1 N–H and O–H groups in total. The Kier molecular flexibility index (Phi) is 5.15. The van der Waals surface area contributed by atoms with E-state index in [0.29, 0.717) is 0 Å². The molecule has 0 spiro atoms. The average Bonchev–Trinajstić information content (AvgIpc) is 3.59. The number of hydrogen-bond donors (Lipinski definition) is 1. The van der Waals surface area contributed by atoms with Crippen LogP contribution in [0.1, 0.15) is 22.3 Å². The summed E-state index contributed by atoms with van der Waals surface area (Å²) in [6, 6.07) is 56.8. The van der Waals surface area contributed by atoms with Gasteiger partial charge >= 0.3 is 0 Å². The van der Waals surface area contributed by atoms with E-state index >= 15 is 0 Å². The lowest BCUT2D eigenvalue weighted by Gasteiger charge is -2.34. The van der Waals surface area contributed by atoms with E-state index in [9.17, 15) is 0 Å². The molecule has 202 valence electrons. The summed E-state index contributed by atoms with van der Waals surface area (Å²) in [5.74, 6) is 0. The van der Waals surface area contributed by atoms with Crippen molar-refractivity contribution in [3.8, 4) is 11.1 Å². The predicted molar refractivity (Wildman–Crippen MR) is 178 cm³/mol. The maximum Gasteiger partial charge on any atom is 0.137 e. The van der Waals surface area contributed by atoms with E-state index in [-0.39, 0.29) is 0 Å². The van der Waals surface area contributed by atoms with Crippen molar-refractivity contribution in [2.45, 2.75) is 5.41 Å². The molecule has 0 saturated carbocycles. The normalized spacial score (nSPS) is 15.5. The summed E-state index contributed by atoms with van der Waals surface area (Å²) < 4.78 is 6.18. The van der Waals surface area contributed by atoms with Crippen molar-refractivity contribution in [1.29, 1.82) is 0 Å². The van der Waals surface area contributed by atoms with Crippen LogP contribution in [0.3, 0.4) is 0 Å². The minimum Gasteiger partial charge on any atom is -0.456 e. The zero-order valence-electron chi connectivity index (χ0n) is 23.4. The third-order valence-electron chi connectivity index (χ3n) is 9.10. The molecule has 43 heavy (non-hydrogen) atoms. The number of furan rings is 1. The van der Waals surface area contributed by atoms with Gasteiger partial charge in [0.1, 0.15) is 11.2 Å². The molecule has 1 unspecified atom stereocenters. The Bertz CT molecular complexity index is 2330. The van der Waals surface area contributed by atoms with Crippen LogP contribution in [0.25, 0.3) is 43.8 Å². The second-order valence-corrected chi connectivity index (χ2v) is 11.4. The number of para-hydroxylation sites is 1. The molecule has 8 aromatic rings. The summed E-state index contributed by atoms with van der Waals surface area (Å²) in [5.41, 5.74) is 11.1. The minimum absolute atomic E-state index is 0.461. The van der Waals surface area contributed by atoms with E-state index in [1.54, 1.807) is 0 Å². The van der Waals surface area contributed by atoms with Crippen molar-refractivity contribution in [3.05, 3.63) is 180 Å². The van der Waals surface area contributed by atoms with E-state index < -0.39 is 5.41 Å². The first-order valence-electron chi connectivity index (χ1n) is 14.8. The zero-order chi connectivity index (χ0) is 28.4. The molecule has 0 aliphatic heterocycles. The Morgan fingerprint density at radius 3 is 2.09 bits per heavy atom. The molecule has 1 aliphatic carbocycles. The second-order valence-electron chi connectivity index (χ2n) is 11.4. The molecule has 0 saturated heterocycles. The van der Waals surface area contributed by atoms with Gasteiger partial charge in [-0.15, -0.1) is 0 Å². The van der Waals surface area contributed by atoms with Crippen molar-refractivity contribution in [3.63, 3.8) is 0 Å². The largest absolute Gasteiger partial charge is 0.456 e. The van der Waals surface area contributed by atoms with Crippen LogP contribution in [-0.2, 0) is 5.41 Å². The summed E-state index contributed by atoms with van der Waals surface area (Å²) in [6.07, 6.45) is 0. The van der Waals surface area contributed by atoms with E-state index in [1.165, 1.54) is 44.2 Å². The molecule has 7 aromatic carbocycles. The SMILES string of the molecule is c1ccc(C2(c3cccc(Nc4ccc5c(c4)oc4ccccc45)c3)c3ccccc3-c3c2ccc2ccccc32)cc1. The lowest BCUT2D eigenvalue weighted by atomic mass is 9.67. The first kappa shape index (κ1) is 24.0. The Balaban J connectivity index is 1.25. The van der Waals surface area contributed by atoms with Gasteiger partial charge in [0.15, 0.2) is 0 Å². The Hall–Kier alpha value is -5.60. The molecule has 1 atom stereocenters. The number of benzene rings is 7. The minimum atomic E-state index is -0.461. The fourth-order valence-corrected chi connectivity index (χ4v) is 7.32. The molecule has 0 bridgehead atoms. The lowest BCUT2D eigenvalue weighted by molar-refractivity contribution is 0.669. The van der Waals surface area contributed by atoms with Gasteiger partial charge in [0.2, 0.25) is 0 Å². The van der Waals surface area contributed by atoms with Crippen molar-refractivity contribution < 1.29 is 4.42 Å². The van der Waals surface area contributed by atoms with Gasteiger partial charge in [0.05, 0.1) is 5.41 Å². The summed E-state index contributed by atoms with van der Waals surface area (Å²) in [4.78, 5) is 0. The van der Waals surface area contributed by atoms with Crippen LogP contribution in [-0.4, -0.2) is 0 Å². The number of rotatable bonds is 4. The van der Waals surface area contributed by atoms with Crippen molar-refractivity contribution in [1.82, 2.24) is 0 Å². The van der Waals surface area contributed by atoms with E-state index in [4.69, 9.17) is 4.42 Å². The second kappa shape index (κ2) is 9.20. The van der Waals surface area contributed by atoms with Crippen LogP contribution in [0.5, 0.6) is 0 Å². The van der Waals surface area contributed by atoms with Crippen LogP contribution in [0, 0.1) is 0 Å². The fraction of sp³-hybridized carbons (Fsp3) is 0.0244. The first-order valence-corrected chi connectivity index (χ1v) is 14.8. The van der Waals surface area contributed by atoms with Crippen molar-refractivity contribution in [2.24, 2.45) is 0 Å². The maximum absolute atomic E-state index is 6.18. The predicted octanol–water partition coefficient (Wildman–Crippen LogP) is 10.8. The van der Waals surface area contributed by atoms with Gasteiger partial charge < -0.3 is 9.73 Å². The smallest absolute Gasteiger partial charge is 0.137 e. The van der Waals surface area contributed by atoms with Gasteiger partial charge in [0, 0.05) is 28.2 Å². The number of anilines is 2. The fourth-order valence-electron chi connectivity index (χ4n) is 7.32. The van der Waals surface area contributed by atoms with Crippen LogP contribution < -0.4 is 5.32 Å². The first-order chi connectivity index (χ1) is 21.3. The summed E-state index contributed by atoms with van der Waals surface area (Å²) in [5, 5.41) is 8.51. The highest BCUT2D eigenvalue weighted by atomic mass is 16.3. The van der Waals surface area contributed by atoms with E-state index in [1.807, 2.05) is 12.1 Å². The van der Waals surface area contributed by atoms with E-state index in [0.717, 1.165) is 33.3 Å². The monoisotopic (exact) mass is 549 g/mol. The Morgan fingerprint density at radius 1 is 0.442 bits per heavy atom. The van der Waals surface area contributed by atoms with Crippen LogP contribution in [0.2, 0.25) is 0 Å². The number of fused-ring (bicyclic) bond motifs is 8. The number of nitrogens with one attached hydrogen (secondary N) is 1. The topological polar surface area (TPSA) is 25.2 Å². The quantitative estimate of drug-likeness (QED) is 0.236. The molecule has 0 radical (unpaired) electrons. The molecule has 2 nitrogen and oxygen atoms in total. The molecule has 1 aromatic heterocycles. The van der Waals surface area contributed by atoms with Crippen LogP contribution in [0.15, 0.2) is 162 Å². The molecule has 1 aliphatic rings. The number of hydrogen-bond acceptors (Lipinski definition) is 2. The van der Waals surface area contributed by atoms with Crippen LogP contribution in [0.4, 0.5) is 11.4 Å². The highest BCUT2D eigenvalue weighted by Gasteiger charge is 2.46. The maximum atomic E-state index is 6.18. The van der Waals surface area contributed by atoms with Crippen molar-refractivity contribution in [2.75, 3.05) is 5.32 Å². The highest BCUT2D eigenvalue weighted by Crippen LogP contribution is 2.57. The summed E-state index contributed by atoms with van der Waals surface area (Å²) in [7, 11) is 0. The van der Waals surface area contributed by atoms with Gasteiger partial charge in [-0.05, 0) is 74.5 Å². The standard InChI is InChI=1S/C41H27NO/c1-2-12-28(13-3-1)41(36-19-8-6-18-35(36)40-32-16-5-4-11-27(32)21-24-37(40)41)29-14-10-15-30(25-29)42-31-22-23-34-33-17-7-9-20-38(33)43-39(34)26-31/h1-26,42H. The Labute approximate surface area is 249 Å². The van der Waals surface area contributed by atoms with Gasteiger partial charge in [-0.1, -0.05) is 121 Å². The molecule has 0 fully saturated rings. The van der Waals surface area contributed by atoms with Crippen molar-refractivity contribution >= 4 is 44.1 Å². The third kappa shape index (κ3) is 3.47. The molecule has 1 heterocycles. The molecular weight excluding hydrogens is 522 g/mol.